The number of nitrogens with one attached hydrogen (secondary N) is 2. The second-order valence-electron chi connectivity index (χ2n) is 6.00. The van der Waals surface area contributed by atoms with Crippen LogP contribution in [0.15, 0.2) is 24.3 Å². The zero-order valence-corrected chi connectivity index (χ0v) is 14.8. The Labute approximate surface area is 148 Å². The van der Waals surface area contributed by atoms with E-state index in [1.54, 1.807) is 24.3 Å². The predicted molar refractivity (Wildman–Crippen MR) is 96.9 cm³/mol. The first-order chi connectivity index (χ1) is 11.9. The van der Waals surface area contributed by atoms with Crippen LogP contribution >= 0.6 is 0 Å². The third kappa shape index (κ3) is 5.33. The van der Waals surface area contributed by atoms with Gasteiger partial charge in [-0.2, -0.15) is 0 Å². The van der Waals surface area contributed by atoms with Crippen molar-refractivity contribution in [3.05, 3.63) is 29.8 Å². The first-order valence-corrected chi connectivity index (χ1v) is 9.97. The van der Waals surface area contributed by atoms with Crippen molar-refractivity contribution >= 4 is 27.3 Å². The zero-order valence-electron chi connectivity index (χ0n) is 14.0. The van der Waals surface area contributed by atoms with E-state index in [0.29, 0.717) is 18.5 Å². The van der Waals surface area contributed by atoms with E-state index in [-0.39, 0.29) is 29.5 Å². The van der Waals surface area contributed by atoms with Crippen molar-refractivity contribution in [3.8, 4) is 12.3 Å². The average Bonchev–Trinajstić information content (AvgIpc) is 3.14. The number of hydrogen-bond donors (Lipinski definition) is 2. The molecule has 1 aliphatic carbocycles. The molecule has 2 rings (SSSR count). The molecule has 2 N–H and O–H groups in total. The van der Waals surface area contributed by atoms with Crippen molar-refractivity contribution < 1.29 is 18.0 Å². The van der Waals surface area contributed by atoms with E-state index >= 15 is 0 Å². The van der Waals surface area contributed by atoms with E-state index in [1.165, 1.54) is 0 Å². The quantitative estimate of drug-likeness (QED) is 0.723. The Morgan fingerprint density at radius 2 is 1.88 bits per heavy atom. The van der Waals surface area contributed by atoms with Gasteiger partial charge in [-0.05, 0) is 25.0 Å². The van der Waals surface area contributed by atoms with Crippen LogP contribution < -0.4 is 10.6 Å². The van der Waals surface area contributed by atoms with Gasteiger partial charge in [0.25, 0.3) is 5.91 Å². The lowest BCUT2D eigenvalue weighted by Crippen LogP contribution is -2.27. The van der Waals surface area contributed by atoms with Gasteiger partial charge in [-0.3, -0.25) is 9.59 Å². The molecule has 0 spiro atoms. The highest BCUT2D eigenvalue weighted by atomic mass is 32.2. The molecule has 0 atom stereocenters. The Kier molecular flexibility index (Phi) is 6.59. The standard InChI is InChI=1S/C18H22N2O4S/c1-2-12-19-18(22)15-9-5-6-10-16(15)20-17(21)11-13-25(23,24)14-7-3-4-8-14/h1,5-6,9-10,14H,3-4,7-8,11-13H2,(H,19,22)(H,20,21). The molecule has 1 aliphatic rings. The number of para-hydroxylation sites is 1. The molecule has 25 heavy (non-hydrogen) atoms. The van der Waals surface area contributed by atoms with Gasteiger partial charge in [-0.25, -0.2) is 8.42 Å². The molecule has 0 aliphatic heterocycles. The summed E-state index contributed by atoms with van der Waals surface area (Å²) in [4.78, 5) is 24.2. The minimum Gasteiger partial charge on any atom is -0.341 e. The summed E-state index contributed by atoms with van der Waals surface area (Å²) < 4.78 is 24.4. The molecule has 1 aromatic carbocycles. The highest BCUT2D eigenvalue weighted by molar-refractivity contribution is 7.92. The molecule has 1 fully saturated rings. The van der Waals surface area contributed by atoms with Crippen LogP contribution in [0.3, 0.4) is 0 Å². The van der Waals surface area contributed by atoms with Crippen molar-refractivity contribution in [1.82, 2.24) is 5.32 Å². The van der Waals surface area contributed by atoms with Gasteiger partial charge < -0.3 is 10.6 Å². The van der Waals surface area contributed by atoms with E-state index in [9.17, 15) is 18.0 Å². The maximum atomic E-state index is 12.2. The number of hydrogen-bond acceptors (Lipinski definition) is 4. The largest absolute Gasteiger partial charge is 0.341 e. The van der Waals surface area contributed by atoms with Crippen LogP contribution in [0.2, 0.25) is 0 Å². The van der Waals surface area contributed by atoms with E-state index in [0.717, 1.165) is 12.8 Å². The third-order valence-corrected chi connectivity index (χ3v) is 6.48. The van der Waals surface area contributed by atoms with Crippen molar-refractivity contribution in [3.63, 3.8) is 0 Å². The SMILES string of the molecule is C#CCNC(=O)c1ccccc1NC(=O)CCS(=O)(=O)C1CCCC1. The van der Waals surface area contributed by atoms with Crippen molar-refractivity contribution in [2.24, 2.45) is 0 Å². The van der Waals surface area contributed by atoms with Crippen molar-refractivity contribution in [2.45, 2.75) is 37.4 Å². The maximum Gasteiger partial charge on any atom is 0.254 e. The topological polar surface area (TPSA) is 92.3 Å². The molecule has 1 saturated carbocycles. The van der Waals surface area contributed by atoms with E-state index in [1.807, 2.05) is 0 Å². The first-order valence-electron chi connectivity index (χ1n) is 8.26. The van der Waals surface area contributed by atoms with Gasteiger partial charge in [-0.15, -0.1) is 6.42 Å². The van der Waals surface area contributed by atoms with E-state index < -0.39 is 21.7 Å². The molecule has 2 amide bonds. The van der Waals surface area contributed by atoms with Crippen LogP contribution in [0.5, 0.6) is 0 Å². The minimum absolute atomic E-state index is 0.0841. The van der Waals surface area contributed by atoms with Gasteiger partial charge in [0.05, 0.1) is 28.8 Å². The van der Waals surface area contributed by atoms with E-state index in [2.05, 4.69) is 16.6 Å². The molecule has 0 saturated heterocycles. The Morgan fingerprint density at radius 1 is 1.20 bits per heavy atom. The smallest absolute Gasteiger partial charge is 0.254 e. The number of rotatable bonds is 7. The van der Waals surface area contributed by atoms with Gasteiger partial charge in [0, 0.05) is 6.42 Å². The van der Waals surface area contributed by atoms with Crippen LogP contribution in [-0.2, 0) is 14.6 Å². The Bertz CT molecular complexity index is 775. The summed E-state index contributed by atoms with van der Waals surface area (Å²) in [5.74, 6) is 1.31. The zero-order chi connectivity index (χ0) is 18.3. The molecule has 6 nitrogen and oxygen atoms in total. The molecule has 1 aromatic rings. The number of carbonyl (C=O) groups excluding carboxylic acids is 2. The van der Waals surface area contributed by atoms with E-state index in [4.69, 9.17) is 6.42 Å². The second kappa shape index (κ2) is 8.67. The van der Waals surface area contributed by atoms with Crippen LogP contribution in [-0.4, -0.2) is 37.8 Å². The lowest BCUT2D eigenvalue weighted by Gasteiger charge is -2.12. The summed E-state index contributed by atoms with van der Waals surface area (Å²) in [6.07, 6.45) is 8.21. The lowest BCUT2D eigenvalue weighted by atomic mass is 10.1. The number of benzene rings is 1. The summed E-state index contributed by atoms with van der Waals surface area (Å²) >= 11 is 0. The first kappa shape index (κ1) is 19.0. The highest BCUT2D eigenvalue weighted by Crippen LogP contribution is 2.25. The predicted octanol–water partition coefficient (Wildman–Crippen LogP) is 1.74. The Morgan fingerprint density at radius 3 is 2.56 bits per heavy atom. The molecule has 0 radical (unpaired) electrons. The van der Waals surface area contributed by atoms with Crippen LogP contribution in [0.1, 0.15) is 42.5 Å². The number of terminal acetylenes is 1. The maximum absolute atomic E-state index is 12.2. The summed E-state index contributed by atoms with van der Waals surface area (Å²) in [6, 6.07) is 6.51. The second-order valence-corrected chi connectivity index (χ2v) is 8.40. The normalized spacial score (nSPS) is 14.7. The Hall–Kier alpha value is -2.33. The fourth-order valence-electron chi connectivity index (χ4n) is 2.88. The molecule has 0 bridgehead atoms. The molecule has 0 heterocycles. The molecule has 7 heteroatoms. The van der Waals surface area contributed by atoms with Gasteiger partial charge in [0.2, 0.25) is 5.91 Å². The molecule has 134 valence electrons. The fourth-order valence-corrected chi connectivity index (χ4v) is 4.73. The van der Waals surface area contributed by atoms with Gasteiger partial charge in [-0.1, -0.05) is 30.9 Å². The number of carbonyl (C=O) groups is 2. The summed E-state index contributed by atoms with van der Waals surface area (Å²) in [7, 11) is -3.25. The molecular formula is C18H22N2O4S. The monoisotopic (exact) mass is 362 g/mol. The number of anilines is 1. The molecule has 0 aromatic heterocycles. The fraction of sp³-hybridized carbons (Fsp3) is 0.444. The lowest BCUT2D eigenvalue weighted by molar-refractivity contribution is -0.115. The highest BCUT2D eigenvalue weighted by Gasteiger charge is 2.29. The molecule has 0 unspecified atom stereocenters. The van der Waals surface area contributed by atoms with Crippen molar-refractivity contribution in [2.75, 3.05) is 17.6 Å². The third-order valence-electron chi connectivity index (χ3n) is 4.22. The molecular weight excluding hydrogens is 340 g/mol. The summed E-state index contributed by atoms with van der Waals surface area (Å²) in [6.45, 7) is 0.0841. The van der Waals surface area contributed by atoms with Crippen LogP contribution in [0.25, 0.3) is 0 Å². The average molecular weight is 362 g/mol. The van der Waals surface area contributed by atoms with Gasteiger partial charge in [0.1, 0.15) is 0 Å². The summed E-state index contributed by atoms with van der Waals surface area (Å²) in [5, 5.41) is 4.83. The number of amides is 2. The van der Waals surface area contributed by atoms with Crippen LogP contribution in [0, 0.1) is 12.3 Å². The minimum atomic E-state index is -3.25. The van der Waals surface area contributed by atoms with Gasteiger partial charge in [0.15, 0.2) is 9.84 Å². The van der Waals surface area contributed by atoms with Crippen molar-refractivity contribution in [1.29, 1.82) is 0 Å². The Balaban J connectivity index is 1.96. The summed E-state index contributed by atoms with van der Waals surface area (Å²) in [5.41, 5.74) is 0.616. The van der Waals surface area contributed by atoms with Crippen LogP contribution in [0.4, 0.5) is 5.69 Å². The number of sulfone groups is 1. The van der Waals surface area contributed by atoms with Gasteiger partial charge >= 0.3 is 0 Å².